The Kier molecular flexibility index (Phi) is 4.93. The number of halogens is 2. The molecular formula is C15H17Cl2N3O. The molecule has 6 heteroatoms. The van der Waals surface area contributed by atoms with Crippen LogP contribution in [0, 0.1) is 0 Å². The van der Waals surface area contributed by atoms with E-state index in [1.807, 2.05) is 12.1 Å². The topological polar surface area (TPSA) is 46.1 Å². The normalized spacial score (nSPS) is 13.2. The van der Waals surface area contributed by atoms with Crippen LogP contribution in [0.3, 0.4) is 0 Å². The van der Waals surface area contributed by atoms with Crippen LogP contribution in [0.2, 0.25) is 5.02 Å². The summed E-state index contributed by atoms with van der Waals surface area (Å²) in [7, 11) is 1.80. The first kappa shape index (κ1) is 15.9. The molecule has 0 atom stereocenters. The van der Waals surface area contributed by atoms with Crippen LogP contribution < -0.4 is 10.6 Å². The van der Waals surface area contributed by atoms with Gasteiger partial charge in [0.1, 0.15) is 5.69 Å². The molecule has 1 aromatic carbocycles. The van der Waals surface area contributed by atoms with E-state index < -0.39 is 0 Å². The van der Waals surface area contributed by atoms with Crippen molar-refractivity contribution in [2.45, 2.75) is 13.0 Å². The van der Waals surface area contributed by atoms with Crippen molar-refractivity contribution in [2.75, 3.05) is 11.9 Å². The van der Waals surface area contributed by atoms with Gasteiger partial charge in [0.05, 0.1) is 5.02 Å². The van der Waals surface area contributed by atoms with E-state index in [2.05, 4.69) is 16.7 Å². The van der Waals surface area contributed by atoms with E-state index in [0.29, 0.717) is 10.7 Å². The Labute approximate surface area is 134 Å². The van der Waals surface area contributed by atoms with Gasteiger partial charge < -0.3 is 15.2 Å². The summed E-state index contributed by atoms with van der Waals surface area (Å²) in [5.74, 6) is -0.150. The molecule has 0 saturated carbocycles. The first-order valence-corrected chi connectivity index (χ1v) is 6.97. The van der Waals surface area contributed by atoms with Crippen LogP contribution in [0.4, 0.5) is 5.69 Å². The number of fused-ring (bicyclic) bond motifs is 1. The SMILES string of the molecule is Cl.Cn1cc(Cl)cc1C(=O)Nc1ccc2c(c1)CNCC2. The van der Waals surface area contributed by atoms with Crippen molar-refractivity contribution >= 4 is 35.6 Å². The highest BCUT2D eigenvalue weighted by molar-refractivity contribution is 6.31. The molecule has 4 nitrogen and oxygen atoms in total. The molecule has 2 heterocycles. The van der Waals surface area contributed by atoms with Gasteiger partial charge in [0.2, 0.25) is 0 Å². The monoisotopic (exact) mass is 325 g/mol. The van der Waals surface area contributed by atoms with Crippen molar-refractivity contribution in [3.05, 3.63) is 52.3 Å². The van der Waals surface area contributed by atoms with Gasteiger partial charge in [-0.25, -0.2) is 0 Å². The zero-order valence-electron chi connectivity index (χ0n) is 11.6. The fraction of sp³-hybridized carbons (Fsp3) is 0.267. The molecule has 21 heavy (non-hydrogen) atoms. The maximum Gasteiger partial charge on any atom is 0.272 e. The zero-order chi connectivity index (χ0) is 14.1. The highest BCUT2D eigenvalue weighted by Crippen LogP contribution is 2.20. The smallest absolute Gasteiger partial charge is 0.272 e. The quantitative estimate of drug-likeness (QED) is 0.891. The van der Waals surface area contributed by atoms with Crippen molar-refractivity contribution in [3.63, 3.8) is 0 Å². The van der Waals surface area contributed by atoms with Gasteiger partial charge >= 0.3 is 0 Å². The van der Waals surface area contributed by atoms with Gasteiger partial charge in [-0.05, 0) is 42.3 Å². The van der Waals surface area contributed by atoms with Gasteiger partial charge in [-0.15, -0.1) is 12.4 Å². The molecule has 0 unspecified atom stereocenters. The molecule has 1 aliphatic rings. The molecule has 1 amide bonds. The Hall–Kier alpha value is -1.49. The number of nitrogens with one attached hydrogen (secondary N) is 2. The fourth-order valence-corrected chi connectivity index (χ4v) is 2.75. The van der Waals surface area contributed by atoms with E-state index >= 15 is 0 Å². The third-order valence-corrected chi connectivity index (χ3v) is 3.76. The number of nitrogens with zero attached hydrogens (tertiary/aromatic N) is 1. The van der Waals surface area contributed by atoms with E-state index in [1.165, 1.54) is 11.1 Å². The average molecular weight is 326 g/mol. The van der Waals surface area contributed by atoms with Crippen LogP contribution >= 0.6 is 24.0 Å². The summed E-state index contributed by atoms with van der Waals surface area (Å²) in [5, 5.41) is 6.81. The first-order valence-electron chi connectivity index (χ1n) is 6.59. The van der Waals surface area contributed by atoms with E-state index in [0.717, 1.165) is 25.2 Å². The molecule has 2 aromatic rings. The van der Waals surface area contributed by atoms with Gasteiger partial charge in [-0.2, -0.15) is 0 Å². The molecule has 0 fully saturated rings. The van der Waals surface area contributed by atoms with Crippen molar-refractivity contribution in [1.29, 1.82) is 0 Å². The number of benzene rings is 1. The molecule has 0 aliphatic carbocycles. The zero-order valence-corrected chi connectivity index (χ0v) is 13.2. The summed E-state index contributed by atoms with van der Waals surface area (Å²) in [6, 6.07) is 7.73. The average Bonchev–Trinajstić information content (AvgIpc) is 2.78. The molecule has 0 spiro atoms. The van der Waals surface area contributed by atoms with Crippen LogP contribution in [0.15, 0.2) is 30.5 Å². The van der Waals surface area contributed by atoms with Crippen molar-refractivity contribution in [1.82, 2.24) is 9.88 Å². The van der Waals surface area contributed by atoms with Crippen LogP contribution in [-0.2, 0) is 20.0 Å². The van der Waals surface area contributed by atoms with Crippen molar-refractivity contribution in [2.24, 2.45) is 7.05 Å². The maximum atomic E-state index is 12.2. The van der Waals surface area contributed by atoms with E-state index in [1.54, 1.807) is 23.9 Å². The second kappa shape index (κ2) is 6.52. The Morgan fingerprint density at radius 1 is 1.33 bits per heavy atom. The van der Waals surface area contributed by atoms with Gasteiger partial charge in [0, 0.05) is 25.5 Å². The van der Waals surface area contributed by atoms with E-state index in [4.69, 9.17) is 11.6 Å². The van der Waals surface area contributed by atoms with Gasteiger partial charge in [0.25, 0.3) is 5.91 Å². The molecule has 0 bridgehead atoms. The molecule has 0 radical (unpaired) electrons. The van der Waals surface area contributed by atoms with Crippen LogP contribution in [-0.4, -0.2) is 17.0 Å². The Morgan fingerprint density at radius 3 is 2.86 bits per heavy atom. The van der Waals surface area contributed by atoms with Crippen LogP contribution in [0.1, 0.15) is 21.6 Å². The number of anilines is 1. The van der Waals surface area contributed by atoms with Crippen LogP contribution in [0.25, 0.3) is 0 Å². The summed E-state index contributed by atoms with van der Waals surface area (Å²) < 4.78 is 1.72. The third-order valence-electron chi connectivity index (χ3n) is 3.55. The molecule has 1 aromatic heterocycles. The Morgan fingerprint density at radius 2 is 2.14 bits per heavy atom. The van der Waals surface area contributed by atoms with Gasteiger partial charge in [-0.1, -0.05) is 17.7 Å². The minimum absolute atomic E-state index is 0. The second-order valence-electron chi connectivity index (χ2n) is 5.02. The number of carbonyl (C=O) groups excluding carboxylic acids is 1. The van der Waals surface area contributed by atoms with Crippen molar-refractivity contribution in [3.8, 4) is 0 Å². The summed E-state index contributed by atoms with van der Waals surface area (Å²) in [5.41, 5.74) is 3.96. The number of hydrogen-bond donors (Lipinski definition) is 2. The third kappa shape index (κ3) is 3.40. The predicted octanol–water partition coefficient (Wildman–Crippen LogP) is 3.00. The molecule has 0 saturated heterocycles. The summed E-state index contributed by atoms with van der Waals surface area (Å²) in [6.07, 6.45) is 2.75. The minimum Gasteiger partial charge on any atom is -0.345 e. The molecule has 2 N–H and O–H groups in total. The molecule has 3 rings (SSSR count). The van der Waals surface area contributed by atoms with Gasteiger partial charge in [-0.3, -0.25) is 4.79 Å². The second-order valence-corrected chi connectivity index (χ2v) is 5.46. The largest absolute Gasteiger partial charge is 0.345 e. The number of aromatic nitrogens is 1. The number of hydrogen-bond acceptors (Lipinski definition) is 2. The van der Waals surface area contributed by atoms with Crippen molar-refractivity contribution < 1.29 is 4.79 Å². The lowest BCUT2D eigenvalue weighted by Crippen LogP contribution is -2.24. The first-order chi connectivity index (χ1) is 9.63. The van der Waals surface area contributed by atoms with E-state index in [9.17, 15) is 4.79 Å². The molecule has 112 valence electrons. The van der Waals surface area contributed by atoms with Crippen LogP contribution in [0.5, 0.6) is 0 Å². The summed E-state index contributed by atoms with van der Waals surface area (Å²) in [6.45, 7) is 1.87. The lowest BCUT2D eigenvalue weighted by molar-refractivity contribution is 0.101. The molecule has 1 aliphatic heterocycles. The molecular weight excluding hydrogens is 309 g/mol. The lowest BCUT2D eigenvalue weighted by atomic mass is 10.0. The summed E-state index contributed by atoms with van der Waals surface area (Å²) in [4.78, 5) is 12.2. The Bertz CT molecular complexity index is 667. The highest BCUT2D eigenvalue weighted by Gasteiger charge is 2.13. The Balaban J connectivity index is 0.00000161. The van der Waals surface area contributed by atoms with E-state index in [-0.39, 0.29) is 18.3 Å². The fourth-order valence-electron chi connectivity index (χ4n) is 2.50. The lowest BCUT2D eigenvalue weighted by Gasteiger charge is -2.18. The standard InChI is InChI=1S/C15H16ClN3O.ClH/c1-19-9-12(16)7-14(19)15(20)18-13-3-2-10-4-5-17-8-11(10)6-13;/h2-3,6-7,9,17H,4-5,8H2,1H3,(H,18,20);1H. The minimum atomic E-state index is -0.150. The number of carbonyl (C=O) groups is 1. The number of amides is 1. The number of aryl methyl sites for hydroxylation is 1. The van der Waals surface area contributed by atoms with Gasteiger partial charge in [0.15, 0.2) is 0 Å². The highest BCUT2D eigenvalue weighted by atomic mass is 35.5. The number of rotatable bonds is 2. The maximum absolute atomic E-state index is 12.2. The summed E-state index contributed by atoms with van der Waals surface area (Å²) >= 11 is 5.90. The predicted molar refractivity (Wildman–Crippen MR) is 87.5 cm³/mol.